The van der Waals surface area contributed by atoms with Gasteiger partial charge < -0.3 is 5.32 Å². The largest absolute Gasteiger partial charge is 0.364 e. The Morgan fingerprint density at radius 1 is 0.839 bits per heavy atom. The molecule has 5 aromatic rings. The van der Waals surface area contributed by atoms with Gasteiger partial charge in [-0.3, -0.25) is 4.98 Å². The summed E-state index contributed by atoms with van der Waals surface area (Å²) in [5.41, 5.74) is 6.48. The number of benzene rings is 2. The van der Waals surface area contributed by atoms with Crippen molar-refractivity contribution >= 4 is 11.3 Å². The Morgan fingerprint density at radius 3 is 2.39 bits per heavy atom. The number of rotatable bonds is 6. The van der Waals surface area contributed by atoms with Gasteiger partial charge in [-0.15, -0.1) is 5.10 Å². The van der Waals surface area contributed by atoms with Crippen LogP contribution in [0.2, 0.25) is 0 Å². The highest BCUT2D eigenvalue weighted by molar-refractivity contribution is 5.89. The van der Waals surface area contributed by atoms with Crippen LogP contribution in [0, 0.1) is 0 Å². The third kappa shape index (κ3) is 3.90. The number of fused-ring (bicyclic) bond motifs is 1. The fraction of sp³-hybridized carbons (Fsp3) is 0.115. The zero-order valence-electron chi connectivity index (χ0n) is 17.4. The van der Waals surface area contributed by atoms with Gasteiger partial charge in [-0.25, -0.2) is 9.50 Å². The Morgan fingerprint density at radius 2 is 1.61 bits per heavy atom. The molecule has 0 aliphatic rings. The van der Waals surface area contributed by atoms with Crippen molar-refractivity contribution in [3.05, 3.63) is 103 Å². The number of nitrogens with one attached hydrogen (secondary N) is 1. The summed E-state index contributed by atoms with van der Waals surface area (Å²) in [4.78, 5) is 9.32. The first-order valence-corrected chi connectivity index (χ1v) is 10.5. The molecular weight excluding hydrogens is 382 g/mol. The van der Waals surface area contributed by atoms with E-state index >= 15 is 0 Å². The number of aromatic nitrogens is 4. The summed E-state index contributed by atoms with van der Waals surface area (Å²) >= 11 is 0. The number of nitrogens with zero attached hydrogens (tertiary/aromatic N) is 4. The van der Waals surface area contributed by atoms with Gasteiger partial charge in [0.1, 0.15) is 5.52 Å². The van der Waals surface area contributed by atoms with Crippen molar-refractivity contribution in [1.82, 2.24) is 19.6 Å². The Kier molecular flexibility index (Phi) is 5.15. The molecule has 0 spiro atoms. The lowest BCUT2D eigenvalue weighted by Gasteiger charge is -2.12. The standard InChI is InChI=1S/C26H23N5/c1-2-19-15-22(18-27-16-19)25-29-26(28-17-20-9-5-3-6-10-20)24-23(13-14-31(24)30-25)21-11-7-4-8-12-21/h3-16,18H,2,17H2,1H3,(H,28,29,30). The molecule has 1 N–H and O–H groups in total. The number of anilines is 1. The van der Waals surface area contributed by atoms with Crippen LogP contribution in [-0.2, 0) is 13.0 Å². The van der Waals surface area contributed by atoms with Crippen LogP contribution >= 0.6 is 0 Å². The third-order valence-electron chi connectivity index (χ3n) is 5.36. The van der Waals surface area contributed by atoms with Gasteiger partial charge in [-0.1, -0.05) is 67.6 Å². The van der Waals surface area contributed by atoms with Crippen molar-refractivity contribution in [2.45, 2.75) is 19.9 Å². The summed E-state index contributed by atoms with van der Waals surface area (Å²) < 4.78 is 1.91. The number of aryl methyl sites for hydroxylation is 1. The average molecular weight is 406 g/mol. The molecule has 3 heterocycles. The normalized spacial score (nSPS) is 11.0. The molecule has 0 radical (unpaired) electrons. The maximum atomic E-state index is 4.94. The smallest absolute Gasteiger partial charge is 0.183 e. The van der Waals surface area contributed by atoms with Gasteiger partial charge >= 0.3 is 0 Å². The molecule has 5 rings (SSSR count). The second kappa shape index (κ2) is 8.40. The van der Waals surface area contributed by atoms with E-state index in [1.54, 1.807) is 0 Å². The molecule has 31 heavy (non-hydrogen) atoms. The van der Waals surface area contributed by atoms with Gasteiger partial charge in [0.25, 0.3) is 0 Å². The number of hydrogen-bond acceptors (Lipinski definition) is 4. The van der Waals surface area contributed by atoms with E-state index in [1.165, 1.54) is 5.56 Å². The van der Waals surface area contributed by atoms with E-state index in [4.69, 9.17) is 10.1 Å². The molecule has 0 amide bonds. The van der Waals surface area contributed by atoms with E-state index in [9.17, 15) is 0 Å². The molecule has 5 nitrogen and oxygen atoms in total. The summed E-state index contributed by atoms with van der Waals surface area (Å²) in [5.74, 6) is 1.46. The van der Waals surface area contributed by atoms with E-state index in [0.29, 0.717) is 12.4 Å². The predicted octanol–water partition coefficient (Wildman–Crippen LogP) is 5.63. The maximum Gasteiger partial charge on any atom is 0.183 e. The fourth-order valence-electron chi connectivity index (χ4n) is 3.71. The molecule has 0 unspecified atom stereocenters. The van der Waals surface area contributed by atoms with E-state index in [2.05, 4.69) is 53.6 Å². The van der Waals surface area contributed by atoms with Crippen molar-refractivity contribution in [3.8, 4) is 22.5 Å². The van der Waals surface area contributed by atoms with Gasteiger partial charge in [-0.2, -0.15) is 0 Å². The maximum absolute atomic E-state index is 4.94. The molecule has 0 atom stereocenters. The summed E-state index contributed by atoms with van der Waals surface area (Å²) in [7, 11) is 0. The lowest BCUT2D eigenvalue weighted by atomic mass is 10.1. The summed E-state index contributed by atoms with van der Waals surface area (Å²) in [5, 5.41) is 8.35. The predicted molar refractivity (Wildman–Crippen MR) is 125 cm³/mol. The molecule has 0 saturated heterocycles. The minimum absolute atomic E-state index is 0.654. The van der Waals surface area contributed by atoms with Gasteiger partial charge in [0, 0.05) is 36.3 Å². The second-order valence-corrected chi connectivity index (χ2v) is 7.45. The Balaban J connectivity index is 1.64. The number of pyridine rings is 1. The van der Waals surface area contributed by atoms with Gasteiger partial charge in [-0.05, 0) is 35.2 Å². The van der Waals surface area contributed by atoms with Gasteiger partial charge in [0.2, 0.25) is 0 Å². The Bertz CT molecular complexity index is 1310. The van der Waals surface area contributed by atoms with Crippen molar-refractivity contribution < 1.29 is 0 Å². The highest BCUT2D eigenvalue weighted by Gasteiger charge is 2.15. The van der Waals surface area contributed by atoms with E-state index in [0.717, 1.165) is 40.0 Å². The van der Waals surface area contributed by atoms with Crippen molar-refractivity contribution in [2.24, 2.45) is 0 Å². The molecule has 0 bridgehead atoms. The highest BCUT2D eigenvalue weighted by Crippen LogP contribution is 2.31. The second-order valence-electron chi connectivity index (χ2n) is 7.45. The summed E-state index contributed by atoms with van der Waals surface area (Å²) in [6.45, 7) is 2.80. The Hall–Kier alpha value is -3.99. The molecular formula is C26H23N5. The topological polar surface area (TPSA) is 55.1 Å². The molecule has 2 aromatic carbocycles. The van der Waals surface area contributed by atoms with Crippen LogP contribution in [0.25, 0.3) is 28.0 Å². The fourth-order valence-corrected chi connectivity index (χ4v) is 3.71. The van der Waals surface area contributed by atoms with Crippen molar-refractivity contribution in [3.63, 3.8) is 0 Å². The molecule has 0 aliphatic carbocycles. The average Bonchev–Trinajstić information content (AvgIpc) is 3.28. The number of hydrogen-bond donors (Lipinski definition) is 1. The van der Waals surface area contributed by atoms with Crippen LogP contribution in [-0.4, -0.2) is 19.6 Å². The molecule has 3 aromatic heterocycles. The Labute approximate surface area is 181 Å². The molecule has 0 fully saturated rings. The molecule has 0 aliphatic heterocycles. The SMILES string of the molecule is CCc1cncc(-c2nc(NCc3ccccc3)c3c(-c4ccccc4)ccn3n2)c1. The lowest BCUT2D eigenvalue weighted by Crippen LogP contribution is -2.07. The van der Waals surface area contributed by atoms with Crippen LogP contribution in [0.3, 0.4) is 0 Å². The van der Waals surface area contributed by atoms with Crippen LogP contribution in [0.4, 0.5) is 5.82 Å². The highest BCUT2D eigenvalue weighted by atomic mass is 15.3. The minimum Gasteiger partial charge on any atom is -0.364 e. The van der Waals surface area contributed by atoms with Crippen molar-refractivity contribution in [2.75, 3.05) is 5.32 Å². The van der Waals surface area contributed by atoms with Crippen molar-refractivity contribution in [1.29, 1.82) is 0 Å². The van der Waals surface area contributed by atoms with E-state index < -0.39 is 0 Å². The summed E-state index contributed by atoms with van der Waals surface area (Å²) in [6, 6.07) is 24.9. The van der Waals surface area contributed by atoms with Crippen LogP contribution < -0.4 is 5.32 Å². The van der Waals surface area contributed by atoms with Crippen LogP contribution in [0.5, 0.6) is 0 Å². The lowest BCUT2D eigenvalue weighted by molar-refractivity contribution is 0.907. The van der Waals surface area contributed by atoms with E-state index in [-0.39, 0.29) is 0 Å². The minimum atomic E-state index is 0.654. The zero-order chi connectivity index (χ0) is 21.0. The molecule has 5 heteroatoms. The van der Waals surface area contributed by atoms with Gasteiger partial charge in [0.05, 0.1) is 0 Å². The summed E-state index contributed by atoms with van der Waals surface area (Å²) in [6.07, 6.45) is 6.63. The van der Waals surface area contributed by atoms with Crippen LogP contribution in [0.15, 0.2) is 91.4 Å². The first-order chi connectivity index (χ1) is 15.3. The molecule has 152 valence electrons. The van der Waals surface area contributed by atoms with E-state index in [1.807, 2.05) is 59.5 Å². The monoisotopic (exact) mass is 405 g/mol. The molecule has 0 saturated carbocycles. The van der Waals surface area contributed by atoms with Crippen LogP contribution in [0.1, 0.15) is 18.1 Å². The van der Waals surface area contributed by atoms with Gasteiger partial charge in [0.15, 0.2) is 11.6 Å². The first-order valence-electron chi connectivity index (χ1n) is 10.5. The quantitative estimate of drug-likeness (QED) is 0.398. The third-order valence-corrected chi connectivity index (χ3v) is 5.36. The zero-order valence-corrected chi connectivity index (χ0v) is 17.4. The first kappa shape index (κ1) is 19.0.